The van der Waals surface area contributed by atoms with Crippen LogP contribution in [0.5, 0.6) is 5.75 Å². The fourth-order valence-electron chi connectivity index (χ4n) is 3.56. The van der Waals surface area contributed by atoms with Crippen LogP contribution in [0.15, 0.2) is 58.6 Å². The lowest BCUT2D eigenvalue weighted by molar-refractivity contribution is 0.0798. The number of halogens is 3. The molecule has 1 N–H and O–H groups in total. The van der Waals surface area contributed by atoms with Crippen molar-refractivity contribution >= 4 is 23.5 Å². The van der Waals surface area contributed by atoms with Gasteiger partial charge in [-0.1, -0.05) is 18.2 Å². The summed E-state index contributed by atoms with van der Waals surface area (Å²) in [5, 5.41) is 14.1. The van der Waals surface area contributed by atoms with E-state index in [0.29, 0.717) is 29.5 Å². The van der Waals surface area contributed by atoms with Crippen molar-refractivity contribution in [3.63, 3.8) is 0 Å². The standard InChI is InChI=1S/C26H28ClF2N5O3/c1-6-22(16(2)12-30-15-33-8-7-19(32-33)11-26(4,5)36)34-17(3)9-23(24(27)25(34)35)37-14-21-20(29)10-18(28)13-31-21/h6-10,12-13,36H,1,11,14-15H2,2-5H3/b22-16+,30-12?. The highest BCUT2D eigenvalue weighted by Crippen LogP contribution is 2.25. The average Bonchev–Trinajstić information content (AvgIpc) is 3.24. The smallest absolute Gasteiger partial charge is 0.277 e. The minimum atomic E-state index is -0.864. The summed E-state index contributed by atoms with van der Waals surface area (Å²) in [6, 6.07) is 4.05. The lowest BCUT2D eigenvalue weighted by Gasteiger charge is -2.16. The van der Waals surface area contributed by atoms with Gasteiger partial charge < -0.3 is 9.84 Å². The summed E-state index contributed by atoms with van der Waals surface area (Å²) in [7, 11) is 0. The molecule has 0 radical (unpaired) electrons. The molecule has 0 atom stereocenters. The molecule has 0 fully saturated rings. The number of aliphatic imine (C=N–C) groups is 1. The summed E-state index contributed by atoms with van der Waals surface area (Å²) in [4.78, 5) is 21.2. The summed E-state index contributed by atoms with van der Waals surface area (Å²) >= 11 is 6.29. The van der Waals surface area contributed by atoms with Crippen LogP contribution in [0.4, 0.5) is 8.78 Å². The summed E-state index contributed by atoms with van der Waals surface area (Å²) < 4.78 is 35.5. The zero-order valence-corrected chi connectivity index (χ0v) is 21.8. The number of allylic oxidation sites excluding steroid dienone is 3. The Labute approximate surface area is 218 Å². The maximum absolute atomic E-state index is 13.9. The predicted octanol–water partition coefficient (Wildman–Crippen LogP) is 4.72. The van der Waals surface area contributed by atoms with Gasteiger partial charge in [0.15, 0.2) is 5.82 Å². The Bertz CT molecular complexity index is 1420. The predicted molar refractivity (Wildman–Crippen MR) is 139 cm³/mol. The van der Waals surface area contributed by atoms with Gasteiger partial charge in [0.2, 0.25) is 0 Å². The maximum atomic E-state index is 13.9. The quantitative estimate of drug-likeness (QED) is 0.302. The van der Waals surface area contributed by atoms with E-state index in [4.69, 9.17) is 16.3 Å². The molecule has 0 aliphatic rings. The molecule has 0 aliphatic carbocycles. The van der Waals surface area contributed by atoms with Crippen LogP contribution in [0.3, 0.4) is 0 Å². The van der Waals surface area contributed by atoms with E-state index in [1.54, 1.807) is 44.8 Å². The monoisotopic (exact) mass is 531 g/mol. The molecular formula is C26H28ClF2N5O3. The van der Waals surface area contributed by atoms with Crippen LogP contribution < -0.4 is 10.3 Å². The molecule has 37 heavy (non-hydrogen) atoms. The van der Waals surface area contributed by atoms with Crippen LogP contribution >= 0.6 is 11.6 Å². The highest BCUT2D eigenvalue weighted by atomic mass is 35.5. The van der Waals surface area contributed by atoms with Crippen molar-refractivity contribution in [1.82, 2.24) is 19.3 Å². The molecular weight excluding hydrogens is 504 g/mol. The minimum absolute atomic E-state index is 0.0428. The molecule has 0 aliphatic heterocycles. The van der Waals surface area contributed by atoms with Crippen LogP contribution in [-0.2, 0) is 19.7 Å². The van der Waals surface area contributed by atoms with Crippen molar-refractivity contribution in [3.05, 3.63) is 92.9 Å². The van der Waals surface area contributed by atoms with Crippen molar-refractivity contribution in [1.29, 1.82) is 0 Å². The molecule has 0 saturated carbocycles. The normalized spacial score (nSPS) is 12.6. The Hall–Kier alpha value is -3.63. The zero-order chi connectivity index (χ0) is 27.3. The summed E-state index contributed by atoms with van der Waals surface area (Å²) in [6.45, 7) is 10.6. The Morgan fingerprint density at radius 1 is 1.35 bits per heavy atom. The zero-order valence-electron chi connectivity index (χ0n) is 21.0. The third kappa shape index (κ3) is 7.21. The average molecular weight is 532 g/mol. The van der Waals surface area contributed by atoms with Crippen LogP contribution in [0, 0.1) is 18.6 Å². The first kappa shape index (κ1) is 27.9. The van der Waals surface area contributed by atoms with Gasteiger partial charge in [0.25, 0.3) is 5.56 Å². The van der Waals surface area contributed by atoms with Crippen molar-refractivity contribution in [2.45, 2.75) is 53.0 Å². The fourth-order valence-corrected chi connectivity index (χ4v) is 3.75. The van der Waals surface area contributed by atoms with Gasteiger partial charge in [0.1, 0.15) is 35.6 Å². The Morgan fingerprint density at radius 3 is 2.73 bits per heavy atom. The topological polar surface area (TPSA) is 94.5 Å². The Balaban J connectivity index is 1.80. The third-order valence-electron chi connectivity index (χ3n) is 5.21. The van der Waals surface area contributed by atoms with Gasteiger partial charge >= 0.3 is 0 Å². The number of aryl methyl sites for hydroxylation is 1. The van der Waals surface area contributed by atoms with Crippen molar-refractivity contribution in [2.75, 3.05) is 0 Å². The molecule has 3 heterocycles. The van der Waals surface area contributed by atoms with Crippen LogP contribution in [0.25, 0.3) is 5.70 Å². The van der Waals surface area contributed by atoms with Gasteiger partial charge in [-0.15, -0.1) is 0 Å². The molecule has 0 amide bonds. The number of hydrogen-bond donors (Lipinski definition) is 1. The maximum Gasteiger partial charge on any atom is 0.277 e. The number of pyridine rings is 2. The van der Waals surface area contributed by atoms with Crippen LogP contribution in [0.2, 0.25) is 5.02 Å². The van der Waals surface area contributed by atoms with Crippen molar-refractivity contribution < 1.29 is 18.6 Å². The van der Waals surface area contributed by atoms with Crippen LogP contribution in [0.1, 0.15) is 37.9 Å². The molecule has 3 rings (SSSR count). The van der Waals surface area contributed by atoms with Gasteiger partial charge in [-0.3, -0.25) is 24.0 Å². The van der Waals surface area contributed by atoms with Gasteiger partial charge in [-0.05, 0) is 45.4 Å². The molecule has 3 aromatic heterocycles. The lowest BCUT2D eigenvalue weighted by Crippen LogP contribution is -2.23. The number of aromatic nitrogens is 4. The highest BCUT2D eigenvalue weighted by Gasteiger charge is 2.17. The summed E-state index contributed by atoms with van der Waals surface area (Å²) in [6.07, 6.45) is 6.17. The third-order valence-corrected chi connectivity index (χ3v) is 5.56. The van der Waals surface area contributed by atoms with Gasteiger partial charge in [-0.2, -0.15) is 5.10 Å². The van der Waals surface area contributed by atoms with E-state index in [1.165, 1.54) is 16.7 Å². The number of rotatable bonds is 10. The molecule has 0 aromatic carbocycles. The highest BCUT2D eigenvalue weighted by molar-refractivity contribution is 6.31. The molecule has 8 nitrogen and oxygen atoms in total. The second-order valence-corrected chi connectivity index (χ2v) is 9.41. The van der Waals surface area contributed by atoms with E-state index in [0.717, 1.165) is 11.9 Å². The minimum Gasteiger partial charge on any atom is -0.485 e. The van der Waals surface area contributed by atoms with Gasteiger partial charge in [0.05, 0.1) is 23.2 Å². The second kappa shape index (κ2) is 11.6. The number of aliphatic hydroxyl groups is 1. The van der Waals surface area contributed by atoms with E-state index in [2.05, 4.69) is 21.7 Å². The van der Waals surface area contributed by atoms with Gasteiger partial charge in [-0.25, -0.2) is 8.78 Å². The van der Waals surface area contributed by atoms with Crippen LogP contribution in [-0.4, -0.2) is 36.3 Å². The molecule has 0 saturated heterocycles. The molecule has 196 valence electrons. The molecule has 0 unspecified atom stereocenters. The van der Waals surface area contributed by atoms with E-state index < -0.39 is 22.8 Å². The molecule has 0 bridgehead atoms. The first-order valence-corrected chi connectivity index (χ1v) is 11.7. The Kier molecular flexibility index (Phi) is 8.77. The first-order valence-electron chi connectivity index (χ1n) is 11.3. The first-order chi connectivity index (χ1) is 17.4. The Morgan fingerprint density at radius 2 is 2.08 bits per heavy atom. The second-order valence-electron chi connectivity index (χ2n) is 9.04. The van der Waals surface area contributed by atoms with E-state index in [1.807, 2.05) is 6.07 Å². The van der Waals surface area contributed by atoms with Crippen molar-refractivity contribution in [3.8, 4) is 5.75 Å². The lowest BCUT2D eigenvalue weighted by atomic mass is 10.0. The van der Waals surface area contributed by atoms with E-state index >= 15 is 0 Å². The SMILES string of the molecule is C=C/C(=C(/C)C=NCn1ccc(CC(C)(C)O)n1)n1c(C)cc(OCc2ncc(F)cc2F)c(Cl)c1=O. The molecule has 11 heteroatoms. The van der Waals surface area contributed by atoms with E-state index in [-0.39, 0.29) is 29.7 Å². The number of hydrogen-bond acceptors (Lipinski definition) is 6. The fraction of sp³-hybridized carbons (Fsp3) is 0.308. The number of ether oxygens (including phenoxy) is 1. The molecule has 3 aromatic rings. The van der Waals surface area contributed by atoms with Gasteiger partial charge in [0, 0.05) is 36.7 Å². The van der Waals surface area contributed by atoms with Crippen molar-refractivity contribution in [2.24, 2.45) is 4.99 Å². The molecule has 0 spiro atoms. The summed E-state index contributed by atoms with van der Waals surface area (Å²) in [5.74, 6) is -1.63. The number of nitrogens with zero attached hydrogens (tertiary/aromatic N) is 5. The summed E-state index contributed by atoms with van der Waals surface area (Å²) in [5.41, 5.74) is 0.807. The largest absolute Gasteiger partial charge is 0.485 e. The van der Waals surface area contributed by atoms with E-state index in [9.17, 15) is 18.7 Å².